The van der Waals surface area contributed by atoms with E-state index in [0.717, 1.165) is 5.56 Å². The first kappa shape index (κ1) is 16.7. The van der Waals surface area contributed by atoms with Gasteiger partial charge in [0.15, 0.2) is 0 Å². The molecule has 2 rings (SSSR count). The number of carbonyl (C=O) groups excluding carboxylic acids is 1. The van der Waals surface area contributed by atoms with Crippen molar-refractivity contribution >= 4 is 23.3 Å². The summed E-state index contributed by atoms with van der Waals surface area (Å²) in [6, 6.07) is 14.2. The highest BCUT2D eigenvalue weighted by molar-refractivity contribution is 6.30. The van der Waals surface area contributed by atoms with Crippen molar-refractivity contribution in [2.24, 2.45) is 0 Å². The Morgan fingerprint density at radius 1 is 1.22 bits per heavy atom. The van der Waals surface area contributed by atoms with Gasteiger partial charge in [0, 0.05) is 10.6 Å². The van der Waals surface area contributed by atoms with Crippen LogP contribution in [0.2, 0.25) is 5.02 Å². The number of anilines is 1. The third-order valence-corrected chi connectivity index (χ3v) is 3.06. The molecule has 118 valence electrons. The monoisotopic (exact) mass is 328 g/mol. The molecule has 0 aliphatic carbocycles. The quantitative estimate of drug-likeness (QED) is 0.836. The molecule has 0 aliphatic heterocycles. The SMILES string of the molecule is CCOc1ccccc1NC(=O)NCC#Cc1cccc(Cl)c1. The molecule has 2 aromatic carbocycles. The molecular weight excluding hydrogens is 312 g/mol. The molecule has 0 radical (unpaired) electrons. The zero-order chi connectivity index (χ0) is 16.5. The molecule has 5 heteroatoms. The predicted molar refractivity (Wildman–Crippen MR) is 93.0 cm³/mol. The number of para-hydroxylation sites is 2. The van der Waals surface area contributed by atoms with E-state index < -0.39 is 0 Å². The van der Waals surface area contributed by atoms with Crippen LogP contribution in [0.5, 0.6) is 5.75 Å². The fraction of sp³-hybridized carbons (Fsp3) is 0.167. The van der Waals surface area contributed by atoms with Crippen LogP contribution < -0.4 is 15.4 Å². The Labute approximate surface area is 140 Å². The summed E-state index contributed by atoms with van der Waals surface area (Å²) in [5.41, 5.74) is 1.43. The molecule has 0 aliphatic rings. The summed E-state index contributed by atoms with van der Waals surface area (Å²) < 4.78 is 5.45. The van der Waals surface area contributed by atoms with E-state index in [-0.39, 0.29) is 12.6 Å². The Bertz CT molecular complexity index is 735. The number of carbonyl (C=O) groups is 1. The lowest BCUT2D eigenvalue weighted by atomic mass is 10.2. The maximum atomic E-state index is 11.9. The summed E-state index contributed by atoms with van der Waals surface area (Å²) in [5, 5.41) is 6.05. The molecule has 0 saturated carbocycles. The predicted octanol–water partition coefficient (Wildman–Crippen LogP) is 3.91. The first-order valence-corrected chi connectivity index (χ1v) is 7.58. The Morgan fingerprint density at radius 2 is 2.04 bits per heavy atom. The van der Waals surface area contributed by atoms with Gasteiger partial charge in [-0.15, -0.1) is 0 Å². The Hall–Kier alpha value is -2.64. The summed E-state index contributed by atoms with van der Waals surface area (Å²) in [5.74, 6) is 6.44. The maximum absolute atomic E-state index is 11.9. The van der Waals surface area contributed by atoms with Crippen molar-refractivity contribution in [3.63, 3.8) is 0 Å². The molecule has 2 N–H and O–H groups in total. The van der Waals surface area contributed by atoms with Gasteiger partial charge in [-0.3, -0.25) is 0 Å². The molecule has 0 spiro atoms. The van der Waals surface area contributed by atoms with Crippen molar-refractivity contribution in [3.8, 4) is 17.6 Å². The van der Waals surface area contributed by atoms with Gasteiger partial charge in [-0.25, -0.2) is 4.79 Å². The van der Waals surface area contributed by atoms with Gasteiger partial charge in [-0.2, -0.15) is 0 Å². The number of nitrogens with one attached hydrogen (secondary N) is 2. The van der Waals surface area contributed by atoms with E-state index in [1.807, 2.05) is 31.2 Å². The van der Waals surface area contributed by atoms with E-state index in [0.29, 0.717) is 23.1 Å². The van der Waals surface area contributed by atoms with Gasteiger partial charge in [0.25, 0.3) is 0 Å². The van der Waals surface area contributed by atoms with Crippen molar-refractivity contribution in [2.45, 2.75) is 6.92 Å². The van der Waals surface area contributed by atoms with Crippen molar-refractivity contribution in [2.75, 3.05) is 18.5 Å². The molecular formula is C18H17ClN2O2. The third-order valence-electron chi connectivity index (χ3n) is 2.83. The molecule has 4 nitrogen and oxygen atoms in total. The number of hydrogen-bond donors (Lipinski definition) is 2. The van der Waals surface area contributed by atoms with Crippen LogP contribution in [0.4, 0.5) is 10.5 Å². The highest BCUT2D eigenvalue weighted by Crippen LogP contribution is 2.23. The molecule has 23 heavy (non-hydrogen) atoms. The van der Waals surface area contributed by atoms with E-state index in [2.05, 4.69) is 22.5 Å². The van der Waals surface area contributed by atoms with Crippen LogP contribution in [0.15, 0.2) is 48.5 Å². The summed E-state index contributed by atoms with van der Waals surface area (Å²) >= 11 is 5.88. The minimum absolute atomic E-state index is 0.231. The van der Waals surface area contributed by atoms with E-state index in [1.54, 1.807) is 24.3 Å². The van der Waals surface area contributed by atoms with Crippen molar-refractivity contribution in [1.82, 2.24) is 5.32 Å². The van der Waals surface area contributed by atoms with E-state index in [9.17, 15) is 4.79 Å². The topological polar surface area (TPSA) is 50.4 Å². The Morgan fingerprint density at radius 3 is 2.83 bits per heavy atom. The maximum Gasteiger partial charge on any atom is 0.320 e. The van der Waals surface area contributed by atoms with Crippen LogP contribution in [-0.2, 0) is 0 Å². The lowest BCUT2D eigenvalue weighted by Gasteiger charge is -2.11. The minimum atomic E-state index is -0.336. The number of halogens is 1. The number of benzene rings is 2. The lowest BCUT2D eigenvalue weighted by molar-refractivity contribution is 0.253. The summed E-state index contributed by atoms with van der Waals surface area (Å²) in [6.07, 6.45) is 0. The van der Waals surface area contributed by atoms with E-state index in [1.165, 1.54) is 0 Å². The van der Waals surface area contributed by atoms with Gasteiger partial charge in [0.1, 0.15) is 5.75 Å². The smallest absolute Gasteiger partial charge is 0.320 e. The zero-order valence-electron chi connectivity index (χ0n) is 12.7. The van der Waals surface area contributed by atoms with E-state index in [4.69, 9.17) is 16.3 Å². The number of hydrogen-bond acceptors (Lipinski definition) is 2. The van der Waals surface area contributed by atoms with Crippen LogP contribution in [0, 0.1) is 11.8 Å². The highest BCUT2D eigenvalue weighted by Gasteiger charge is 2.05. The van der Waals surface area contributed by atoms with Gasteiger partial charge in [0.05, 0.1) is 18.8 Å². The highest BCUT2D eigenvalue weighted by atomic mass is 35.5. The van der Waals surface area contributed by atoms with Crippen LogP contribution in [-0.4, -0.2) is 19.2 Å². The van der Waals surface area contributed by atoms with Gasteiger partial charge in [-0.05, 0) is 37.3 Å². The van der Waals surface area contributed by atoms with Gasteiger partial charge in [-0.1, -0.05) is 41.6 Å². The zero-order valence-corrected chi connectivity index (χ0v) is 13.5. The average Bonchev–Trinajstić information content (AvgIpc) is 2.54. The number of ether oxygens (including phenoxy) is 1. The lowest BCUT2D eigenvalue weighted by Crippen LogP contribution is -2.29. The molecule has 0 atom stereocenters. The molecule has 0 fully saturated rings. The molecule has 2 aromatic rings. The average molecular weight is 329 g/mol. The van der Waals surface area contributed by atoms with Gasteiger partial charge < -0.3 is 15.4 Å². The van der Waals surface area contributed by atoms with Crippen molar-refractivity contribution in [1.29, 1.82) is 0 Å². The molecule has 2 amide bonds. The van der Waals surface area contributed by atoms with Crippen LogP contribution in [0.25, 0.3) is 0 Å². The molecule has 0 bridgehead atoms. The van der Waals surface area contributed by atoms with Gasteiger partial charge in [0.2, 0.25) is 0 Å². The van der Waals surface area contributed by atoms with Crippen LogP contribution in [0.1, 0.15) is 12.5 Å². The van der Waals surface area contributed by atoms with Crippen molar-refractivity contribution < 1.29 is 9.53 Å². The fourth-order valence-corrected chi connectivity index (χ4v) is 2.05. The minimum Gasteiger partial charge on any atom is -0.492 e. The Kier molecular flexibility index (Phi) is 6.34. The van der Waals surface area contributed by atoms with Gasteiger partial charge >= 0.3 is 6.03 Å². The number of urea groups is 1. The van der Waals surface area contributed by atoms with Crippen molar-refractivity contribution in [3.05, 3.63) is 59.1 Å². The Balaban J connectivity index is 1.87. The second-order valence-electron chi connectivity index (χ2n) is 4.55. The molecule has 0 aromatic heterocycles. The molecule has 0 heterocycles. The second kappa shape index (κ2) is 8.72. The number of amides is 2. The summed E-state index contributed by atoms with van der Waals surface area (Å²) in [4.78, 5) is 11.9. The summed E-state index contributed by atoms with van der Waals surface area (Å²) in [7, 11) is 0. The largest absolute Gasteiger partial charge is 0.492 e. The third kappa shape index (κ3) is 5.57. The summed E-state index contributed by atoms with van der Waals surface area (Å²) in [6.45, 7) is 2.66. The normalized spacial score (nSPS) is 9.48. The molecule has 0 saturated heterocycles. The van der Waals surface area contributed by atoms with E-state index >= 15 is 0 Å². The first-order valence-electron chi connectivity index (χ1n) is 7.20. The standard InChI is InChI=1S/C18H17ClN2O2/c1-2-23-17-11-4-3-10-16(17)21-18(22)20-12-6-8-14-7-5-9-15(19)13-14/h3-5,7,9-11,13H,2,12H2,1H3,(H2,20,21,22). The first-order chi connectivity index (χ1) is 11.2. The fourth-order valence-electron chi connectivity index (χ4n) is 1.85. The van der Waals surface area contributed by atoms with Crippen LogP contribution >= 0.6 is 11.6 Å². The molecule has 0 unspecified atom stereocenters. The van der Waals surface area contributed by atoms with Crippen LogP contribution in [0.3, 0.4) is 0 Å². The number of rotatable bonds is 4. The second-order valence-corrected chi connectivity index (χ2v) is 4.99.